The molecule has 3 atom stereocenters. The van der Waals surface area contributed by atoms with Crippen molar-refractivity contribution in [2.75, 3.05) is 25.1 Å². The molecule has 0 bridgehead atoms. The summed E-state index contributed by atoms with van der Waals surface area (Å²) in [6.07, 6.45) is -1.60. The molecule has 0 aliphatic heterocycles. The summed E-state index contributed by atoms with van der Waals surface area (Å²) < 4.78 is 16.0. The van der Waals surface area contributed by atoms with Gasteiger partial charge in [0.15, 0.2) is 0 Å². The van der Waals surface area contributed by atoms with Crippen LogP contribution in [0, 0.1) is 5.92 Å². The lowest BCUT2D eigenvalue weighted by Crippen LogP contribution is -2.56. The van der Waals surface area contributed by atoms with Crippen molar-refractivity contribution in [3.05, 3.63) is 29.8 Å². The van der Waals surface area contributed by atoms with E-state index in [0.29, 0.717) is 18.7 Å². The number of carbonyl (C=O) groups is 3. The average Bonchev–Trinajstić information content (AvgIpc) is 2.76. The van der Waals surface area contributed by atoms with Gasteiger partial charge in [-0.05, 0) is 71.6 Å². The number of rotatable bonds is 12. The third-order valence-corrected chi connectivity index (χ3v) is 4.74. The van der Waals surface area contributed by atoms with Gasteiger partial charge < -0.3 is 35.1 Å². The Kier molecular flexibility index (Phi) is 13.2. The van der Waals surface area contributed by atoms with Crippen LogP contribution in [0.15, 0.2) is 24.3 Å². The summed E-state index contributed by atoms with van der Waals surface area (Å²) in [6, 6.07) is 5.31. The predicted molar refractivity (Wildman–Crippen MR) is 143 cm³/mol. The molecule has 0 aromatic heterocycles. The summed E-state index contributed by atoms with van der Waals surface area (Å²) in [7, 11) is 0. The van der Waals surface area contributed by atoms with Gasteiger partial charge in [-0.3, -0.25) is 10.1 Å². The van der Waals surface area contributed by atoms with E-state index in [-0.39, 0.29) is 19.1 Å². The standard InChI is InChI=1S/C27H45N3O8/c1-17(2)15-36-16-21(30-25(35)38-27(6,7)8)22(32)29-20(14-31)13-18-9-11-19(12-10-18)28-23(33)24(34)37-26(3,4)5/h9-12,17,20-22,29,31-32H,13-16H2,1-8H3,(H,28,33)(H,30,35)/t20-,21-,22?/m0/s1. The van der Waals surface area contributed by atoms with Crippen LogP contribution >= 0.6 is 0 Å². The number of aliphatic hydroxyl groups excluding tert-OH is 2. The van der Waals surface area contributed by atoms with Gasteiger partial charge in [-0.15, -0.1) is 0 Å². The number of ether oxygens (including phenoxy) is 3. The SMILES string of the molecule is CC(C)COC[C@H](NC(=O)OC(C)(C)C)C(O)N[C@H](CO)Cc1ccc(NC(=O)C(=O)OC(C)(C)C)cc1. The Hall–Kier alpha value is -2.73. The molecule has 0 aliphatic carbocycles. The van der Waals surface area contributed by atoms with E-state index in [4.69, 9.17) is 14.2 Å². The quantitative estimate of drug-likeness (QED) is 0.153. The van der Waals surface area contributed by atoms with Crippen LogP contribution in [0.2, 0.25) is 0 Å². The van der Waals surface area contributed by atoms with Gasteiger partial charge in [0.1, 0.15) is 17.4 Å². The molecular weight excluding hydrogens is 494 g/mol. The van der Waals surface area contributed by atoms with Crippen molar-refractivity contribution in [3.8, 4) is 0 Å². The van der Waals surface area contributed by atoms with E-state index in [2.05, 4.69) is 16.0 Å². The molecule has 0 fully saturated rings. The molecule has 0 heterocycles. The maximum atomic E-state index is 12.3. The van der Waals surface area contributed by atoms with Crippen molar-refractivity contribution in [3.63, 3.8) is 0 Å². The third-order valence-electron chi connectivity index (χ3n) is 4.74. The normalized spacial score (nSPS) is 14.4. The Morgan fingerprint density at radius 3 is 2.00 bits per heavy atom. The Morgan fingerprint density at radius 1 is 0.921 bits per heavy atom. The van der Waals surface area contributed by atoms with Crippen LogP contribution in [0.1, 0.15) is 61.0 Å². The van der Waals surface area contributed by atoms with Crippen LogP contribution < -0.4 is 16.0 Å². The number of hydrogen-bond donors (Lipinski definition) is 5. The minimum atomic E-state index is -1.24. The molecule has 1 rings (SSSR count). The van der Waals surface area contributed by atoms with Crippen molar-refractivity contribution in [1.82, 2.24) is 10.6 Å². The number of nitrogens with one attached hydrogen (secondary N) is 3. The summed E-state index contributed by atoms with van der Waals surface area (Å²) in [4.78, 5) is 36.2. The molecule has 216 valence electrons. The molecule has 0 spiro atoms. The number of esters is 1. The van der Waals surface area contributed by atoms with Crippen LogP contribution in [0.25, 0.3) is 0 Å². The second kappa shape index (κ2) is 15.0. The zero-order valence-electron chi connectivity index (χ0n) is 23.8. The van der Waals surface area contributed by atoms with Crippen molar-refractivity contribution >= 4 is 23.7 Å². The third kappa shape index (κ3) is 14.3. The number of benzene rings is 1. The zero-order valence-corrected chi connectivity index (χ0v) is 23.8. The number of anilines is 1. The van der Waals surface area contributed by atoms with Crippen LogP contribution in [0.4, 0.5) is 10.5 Å². The maximum Gasteiger partial charge on any atom is 0.408 e. The van der Waals surface area contributed by atoms with Gasteiger partial charge in [-0.25, -0.2) is 9.59 Å². The summed E-state index contributed by atoms with van der Waals surface area (Å²) in [5, 5.41) is 28.8. The fraction of sp³-hybridized carbons (Fsp3) is 0.667. The first kappa shape index (κ1) is 33.3. The minimum Gasteiger partial charge on any atom is -0.453 e. The summed E-state index contributed by atoms with van der Waals surface area (Å²) in [5.74, 6) is -1.59. The summed E-state index contributed by atoms with van der Waals surface area (Å²) in [6.45, 7) is 14.4. The predicted octanol–water partition coefficient (Wildman–Crippen LogP) is 2.34. The van der Waals surface area contributed by atoms with Crippen LogP contribution in [0.5, 0.6) is 0 Å². The molecule has 2 amide bonds. The van der Waals surface area contributed by atoms with Gasteiger partial charge in [0.2, 0.25) is 0 Å². The number of amides is 2. The second-order valence-electron chi connectivity index (χ2n) is 11.5. The molecule has 0 radical (unpaired) electrons. The topological polar surface area (TPSA) is 155 Å². The highest BCUT2D eigenvalue weighted by molar-refractivity contribution is 6.37. The Morgan fingerprint density at radius 2 is 1.50 bits per heavy atom. The zero-order chi connectivity index (χ0) is 29.1. The van der Waals surface area contributed by atoms with E-state index in [1.54, 1.807) is 65.8 Å². The fourth-order valence-corrected chi connectivity index (χ4v) is 3.15. The lowest BCUT2D eigenvalue weighted by molar-refractivity contribution is -0.161. The molecule has 0 saturated carbocycles. The number of hydrogen-bond acceptors (Lipinski definition) is 9. The average molecular weight is 540 g/mol. The highest BCUT2D eigenvalue weighted by Crippen LogP contribution is 2.14. The largest absolute Gasteiger partial charge is 0.453 e. The first-order chi connectivity index (χ1) is 17.5. The molecule has 0 saturated heterocycles. The molecule has 11 heteroatoms. The van der Waals surface area contributed by atoms with Crippen LogP contribution in [-0.2, 0) is 30.2 Å². The summed E-state index contributed by atoms with van der Waals surface area (Å²) in [5.41, 5.74) is -0.288. The fourth-order valence-electron chi connectivity index (χ4n) is 3.15. The van der Waals surface area contributed by atoms with Gasteiger partial charge in [0.05, 0.1) is 19.3 Å². The van der Waals surface area contributed by atoms with E-state index in [1.165, 1.54) is 0 Å². The molecule has 1 aromatic carbocycles. The monoisotopic (exact) mass is 539 g/mol. The first-order valence-electron chi connectivity index (χ1n) is 12.7. The number of alkyl carbamates (subject to hydrolysis) is 1. The van der Waals surface area contributed by atoms with E-state index in [9.17, 15) is 24.6 Å². The van der Waals surface area contributed by atoms with Gasteiger partial charge in [0, 0.05) is 18.3 Å². The molecule has 5 N–H and O–H groups in total. The van der Waals surface area contributed by atoms with Crippen molar-refractivity contribution in [2.24, 2.45) is 5.92 Å². The van der Waals surface area contributed by atoms with E-state index >= 15 is 0 Å². The lowest BCUT2D eigenvalue weighted by atomic mass is 10.1. The van der Waals surface area contributed by atoms with Crippen molar-refractivity contribution in [1.29, 1.82) is 0 Å². The lowest BCUT2D eigenvalue weighted by Gasteiger charge is -2.29. The molecule has 0 aliphatic rings. The number of aliphatic hydroxyl groups is 2. The van der Waals surface area contributed by atoms with Gasteiger partial charge >= 0.3 is 18.0 Å². The molecule has 1 aromatic rings. The van der Waals surface area contributed by atoms with Crippen LogP contribution in [0.3, 0.4) is 0 Å². The number of carbonyl (C=O) groups excluding carboxylic acids is 3. The molecule has 1 unspecified atom stereocenters. The van der Waals surface area contributed by atoms with Crippen LogP contribution in [-0.4, -0.2) is 77.5 Å². The van der Waals surface area contributed by atoms with Gasteiger partial charge in [-0.1, -0.05) is 26.0 Å². The second-order valence-corrected chi connectivity index (χ2v) is 11.5. The van der Waals surface area contributed by atoms with Crippen molar-refractivity contribution in [2.45, 2.75) is 91.3 Å². The highest BCUT2D eigenvalue weighted by atomic mass is 16.6. The first-order valence-corrected chi connectivity index (χ1v) is 12.7. The van der Waals surface area contributed by atoms with E-state index in [1.807, 2.05) is 13.8 Å². The highest BCUT2D eigenvalue weighted by Gasteiger charge is 2.27. The van der Waals surface area contributed by atoms with E-state index in [0.717, 1.165) is 5.56 Å². The van der Waals surface area contributed by atoms with Crippen molar-refractivity contribution < 1.29 is 38.8 Å². The minimum absolute atomic E-state index is 0.0375. The maximum absolute atomic E-state index is 12.3. The Labute approximate surface area is 225 Å². The molecule has 38 heavy (non-hydrogen) atoms. The Bertz CT molecular complexity index is 891. The summed E-state index contributed by atoms with van der Waals surface area (Å²) >= 11 is 0. The van der Waals surface area contributed by atoms with Gasteiger partial charge in [0.25, 0.3) is 0 Å². The Balaban J connectivity index is 2.78. The smallest absolute Gasteiger partial charge is 0.408 e. The van der Waals surface area contributed by atoms with E-state index < -0.39 is 47.5 Å². The molecular formula is C27H45N3O8. The van der Waals surface area contributed by atoms with Gasteiger partial charge in [-0.2, -0.15) is 0 Å². The molecule has 11 nitrogen and oxygen atoms in total.